The van der Waals surface area contributed by atoms with Gasteiger partial charge in [0, 0.05) is 31.2 Å². The monoisotopic (exact) mass is 371 g/mol. The second-order valence-corrected chi connectivity index (χ2v) is 7.82. The van der Waals surface area contributed by atoms with E-state index in [1.54, 1.807) is 12.1 Å². The first-order valence-electron chi connectivity index (χ1n) is 7.48. The molecule has 2 N–H and O–H groups in total. The first kappa shape index (κ1) is 17.3. The number of rotatable bonds is 5. The normalized spacial score (nSPS) is 17.2. The van der Waals surface area contributed by atoms with Crippen LogP contribution in [-0.2, 0) is 23.1 Å². The summed E-state index contributed by atoms with van der Waals surface area (Å²) in [4.78, 5) is 6.50. The Bertz CT molecular complexity index is 785. The van der Waals surface area contributed by atoms with Crippen molar-refractivity contribution in [3.05, 3.63) is 41.0 Å². The van der Waals surface area contributed by atoms with Crippen LogP contribution in [-0.4, -0.2) is 53.9 Å². The van der Waals surface area contributed by atoms with Crippen LogP contribution in [0.25, 0.3) is 0 Å². The molecule has 2 heterocycles. The van der Waals surface area contributed by atoms with E-state index in [0.29, 0.717) is 49.5 Å². The van der Waals surface area contributed by atoms with Crippen molar-refractivity contribution in [3.8, 4) is 0 Å². The van der Waals surface area contributed by atoms with E-state index >= 15 is 0 Å². The van der Waals surface area contributed by atoms with E-state index < -0.39 is 10.0 Å². The molecule has 24 heavy (non-hydrogen) atoms. The van der Waals surface area contributed by atoms with Gasteiger partial charge in [-0.05, 0) is 24.3 Å². The summed E-state index contributed by atoms with van der Waals surface area (Å²) < 4.78 is 31.7. The number of benzene rings is 1. The fraction of sp³-hybridized carbons (Fsp3) is 0.429. The predicted octanol–water partition coefficient (Wildman–Crippen LogP) is 0.688. The van der Waals surface area contributed by atoms with Crippen LogP contribution < -0.4 is 5.73 Å². The van der Waals surface area contributed by atoms with E-state index in [1.165, 1.54) is 16.4 Å². The second kappa shape index (κ2) is 7.16. The summed E-state index contributed by atoms with van der Waals surface area (Å²) in [7, 11) is -3.49. The molecule has 1 aromatic carbocycles. The molecule has 1 aliphatic heterocycles. The molecule has 1 fully saturated rings. The molecule has 0 aliphatic carbocycles. The Morgan fingerprint density at radius 3 is 2.42 bits per heavy atom. The van der Waals surface area contributed by atoms with Gasteiger partial charge < -0.3 is 10.3 Å². The number of nitrogens with two attached hydrogens (primary N) is 1. The predicted molar refractivity (Wildman–Crippen MR) is 87.7 cm³/mol. The number of piperazine rings is 1. The molecular formula is C14H18ClN5O3S. The Labute approximate surface area is 145 Å². The highest BCUT2D eigenvalue weighted by atomic mass is 35.5. The van der Waals surface area contributed by atoms with E-state index in [0.717, 1.165) is 0 Å². The zero-order valence-electron chi connectivity index (χ0n) is 12.9. The summed E-state index contributed by atoms with van der Waals surface area (Å²) in [5.74, 6) is 0.957. The highest BCUT2D eigenvalue weighted by Gasteiger charge is 2.28. The largest absolute Gasteiger partial charge is 0.338 e. The quantitative estimate of drug-likeness (QED) is 0.824. The van der Waals surface area contributed by atoms with Gasteiger partial charge in [0.05, 0.1) is 18.0 Å². The molecule has 2 aromatic rings. The van der Waals surface area contributed by atoms with E-state index in [2.05, 4.69) is 15.0 Å². The smallest absolute Gasteiger partial charge is 0.243 e. The minimum Gasteiger partial charge on any atom is -0.338 e. The van der Waals surface area contributed by atoms with Crippen molar-refractivity contribution in [2.24, 2.45) is 5.73 Å². The average Bonchev–Trinajstić information content (AvgIpc) is 3.03. The summed E-state index contributed by atoms with van der Waals surface area (Å²) in [6, 6.07) is 6.21. The Kier molecular flexibility index (Phi) is 5.16. The third-order valence-electron chi connectivity index (χ3n) is 3.83. The second-order valence-electron chi connectivity index (χ2n) is 5.44. The van der Waals surface area contributed by atoms with Crippen LogP contribution in [0, 0.1) is 0 Å². The minimum atomic E-state index is -3.49. The van der Waals surface area contributed by atoms with Crippen LogP contribution in [0.2, 0.25) is 5.02 Å². The number of nitrogens with zero attached hydrogens (tertiary/aromatic N) is 4. The topological polar surface area (TPSA) is 106 Å². The third-order valence-corrected chi connectivity index (χ3v) is 6.00. The molecule has 1 aliphatic rings. The van der Waals surface area contributed by atoms with Gasteiger partial charge in [-0.25, -0.2) is 8.42 Å². The zero-order chi connectivity index (χ0) is 17.2. The van der Waals surface area contributed by atoms with Gasteiger partial charge in [0.2, 0.25) is 15.9 Å². The van der Waals surface area contributed by atoms with Crippen molar-refractivity contribution in [2.45, 2.75) is 18.0 Å². The first-order valence-corrected chi connectivity index (χ1v) is 9.30. The van der Waals surface area contributed by atoms with Crippen LogP contribution in [0.1, 0.15) is 11.7 Å². The summed E-state index contributed by atoms with van der Waals surface area (Å²) in [6.07, 6.45) is 0. The van der Waals surface area contributed by atoms with E-state index in [4.69, 9.17) is 21.9 Å². The van der Waals surface area contributed by atoms with Gasteiger partial charge in [-0.3, -0.25) is 4.90 Å². The SMILES string of the molecule is NCc1nc(CN2CCN(S(=O)(=O)c3ccc(Cl)cc3)CC2)no1. The Morgan fingerprint density at radius 1 is 1.17 bits per heavy atom. The van der Waals surface area contributed by atoms with E-state index in [9.17, 15) is 8.42 Å². The van der Waals surface area contributed by atoms with Crippen LogP contribution in [0.3, 0.4) is 0 Å². The van der Waals surface area contributed by atoms with Gasteiger partial charge in [-0.2, -0.15) is 9.29 Å². The maximum absolute atomic E-state index is 12.6. The number of aromatic nitrogens is 2. The summed E-state index contributed by atoms with van der Waals surface area (Å²) in [5, 5.41) is 4.36. The highest BCUT2D eigenvalue weighted by molar-refractivity contribution is 7.89. The molecule has 0 radical (unpaired) electrons. The Morgan fingerprint density at radius 2 is 1.83 bits per heavy atom. The fourth-order valence-electron chi connectivity index (χ4n) is 2.52. The lowest BCUT2D eigenvalue weighted by Crippen LogP contribution is -2.48. The number of sulfonamides is 1. The summed E-state index contributed by atoms with van der Waals surface area (Å²) in [6.45, 7) is 2.73. The number of hydrogen-bond acceptors (Lipinski definition) is 7. The maximum Gasteiger partial charge on any atom is 0.243 e. The Hall–Kier alpha value is -1.52. The Balaban J connectivity index is 1.60. The molecule has 0 amide bonds. The summed E-state index contributed by atoms with van der Waals surface area (Å²) in [5.41, 5.74) is 5.44. The summed E-state index contributed by atoms with van der Waals surface area (Å²) >= 11 is 5.81. The molecule has 0 unspecified atom stereocenters. The van der Waals surface area contributed by atoms with Crippen molar-refractivity contribution in [3.63, 3.8) is 0 Å². The van der Waals surface area contributed by atoms with Crippen molar-refractivity contribution in [1.29, 1.82) is 0 Å². The van der Waals surface area contributed by atoms with Crippen LogP contribution in [0.5, 0.6) is 0 Å². The van der Waals surface area contributed by atoms with Crippen molar-refractivity contribution in [1.82, 2.24) is 19.3 Å². The van der Waals surface area contributed by atoms with E-state index in [1.807, 2.05) is 0 Å². The van der Waals surface area contributed by atoms with Crippen LogP contribution in [0.4, 0.5) is 0 Å². The van der Waals surface area contributed by atoms with Gasteiger partial charge in [0.25, 0.3) is 0 Å². The fourth-order valence-corrected chi connectivity index (χ4v) is 4.07. The van der Waals surface area contributed by atoms with Gasteiger partial charge in [-0.15, -0.1) is 0 Å². The van der Waals surface area contributed by atoms with Gasteiger partial charge in [0.15, 0.2) is 5.82 Å². The van der Waals surface area contributed by atoms with Crippen molar-refractivity contribution >= 4 is 21.6 Å². The molecule has 1 aromatic heterocycles. The average molecular weight is 372 g/mol. The lowest BCUT2D eigenvalue weighted by molar-refractivity contribution is 0.176. The van der Waals surface area contributed by atoms with Gasteiger partial charge in [0.1, 0.15) is 0 Å². The molecule has 0 bridgehead atoms. The molecule has 10 heteroatoms. The van der Waals surface area contributed by atoms with Crippen LogP contribution in [0.15, 0.2) is 33.7 Å². The lowest BCUT2D eigenvalue weighted by atomic mass is 10.3. The zero-order valence-corrected chi connectivity index (χ0v) is 14.5. The molecule has 0 saturated carbocycles. The number of hydrogen-bond donors (Lipinski definition) is 1. The molecule has 1 saturated heterocycles. The lowest BCUT2D eigenvalue weighted by Gasteiger charge is -2.33. The molecular weight excluding hydrogens is 354 g/mol. The standard InChI is InChI=1S/C14H18ClN5O3S/c15-11-1-3-12(4-2-11)24(21,22)20-7-5-19(6-8-20)10-13-17-14(9-16)23-18-13/h1-4H,5-10,16H2. The van der Waals surface area contributed by atoms with Crippen molar-refractivity contribution < 1.29 is 12.9 Å². The minimum absolute atomic E-state index is 0.208. The first-order chi connectivity index (χ1) is 11.5. The van der Waals surface area contributed by atoms with Gasteiger partial charge >= 0.3 is 0 Å². The maximum atomic E-state index is 12.6. The number of halogens is 1. The van der Waals surface area contributed by atoms with Crippen molar-refractivity contribution in [2.75, 3.05) is 26.2 Å². The molecule has 3 rings (SSSR count). The molecule has 0 spiro atoms. The van der Waals surface area contributed by atoms with E-state index in [-0.39, 0.29) is 11.4 Å². The van der Waals surface area contributed by atoms with Gasteiger partial charge in [-0.1, -0.05) is 16.8 Å². The third kappa shape index (κ3) is 3.76. The molecule has 8 nitrogen and oxygen atoms in total. The highest BCUT2D eigenvalue weighted by Crippen LogP contribution is 2.20. The molecule has 0 atom stereocenters. The molecule has 130 valence electrons. The van der Waals surface area contributed by atoms with Crippen LogP contribution >= 0.6 is 11.6 Å².